The smallest absolute Gasteiger partial charge is 0.338 e. The minimum atomic E-state index is -1.19. The van der Waals surface area contributed by atoms with Gasteiger partial charge in [-0.05, 0) is 68.3 Å². The van der Waals surface area contributed by atoms with E-state index in [0.29, 0.717) is 17.9 Å². The lowest BCUT2D eigenvalue weighted by molar-refractivity contribution is 0.0692. The average Bonchev–Trinajstić information content (AvgIpc) is 3.50. The Bertz CT molecular complexity index is 1930. The van der Waals surface area contributed by atoms with E-state index in [1.807, 2.05) is 19.1 Å². The number of carboxylic acid groups (broad SMARTS) is 1. The molecule has 0 fully saturated rings. The molecular formula is C39H37N3O4. The first-order valence-electron chi connectivity index (χ1n) is 15.4. The highest BCUT2D eigenvalue weighted by molar-refractivity contribution is 6.14. The number of fused-ring (bicyclic) bond motifs is 1. The summed E-state index contributed by atoms with van der Waals surface area (Å²) in [6.07, 6.45) is 5.73. The molecule has 0 atom stereocenters. The van der Waals surface area contributed by atoms with Crippen LogP contribution in [0.2, 0.25) is 0 Å². The second kappa shape index (κ2) is 14.9. The van der Waals surface area contributed by atoms with Crippen molar-refractivity contribution in [2.75, 3.05) is 24.6 Å². The van der Waals surface area contributed by atoms with E-state index in [0.717, 1.165) is 18.8 Å². The third-order valence-electron chi connectivity index (χ3n) is 7.72. The number of hydrogen-bond donors (Lipinski definition) is 1. The van der Waals surface area contributed by atoms with Crippen LogP contribution in [-0.4, -0.2) is 45.9 Å². The second-order valence-electron chi connectivity index (χ2n) is 10.5. The number of aromatic carboxylic acids is 1. The Hall–Kier alpha value is -5.69. The number of carboxylic acids is 1. The molecule has 232 valence electrons. The largest absolute Gasteiger partial charge is 0.493 e. The van der Waals surface area contributed by atoms with Gasteiger partial charge in [-0.3, -0.25) is 9.78 Å². The van der Waals surface area contributed by atoms with Crippen LogP contribution in [0.5, 0.6) is 5.75 Å². The van der Waals surface area contributed by atoms with Gasteiger partial charge in [-0.2, -0.15) is 0 Å². The Morgan fingerprint density at radius 2 is 1.46 bits per heavy atom. The third-order valence-corrected chi connectivity index (χ3v) is 7.72. The summed E-state index contributed by atoms with van der Waals surface area (Å²) in [4.78, 5) is 30.3. The van der Waals surface area contributed by atoms with Gasteiger partial charge in [0.25, 0.3) is 0 Å². The number of carbonyl (C=O) groups is 2. The average molecular weight is 612 g/mol. The standard InChI is InChI=1S/C20H15N.C19H22N2O4/c1-3-9-16(10-4-1)18-15-21-14-8-7-13-19(21)20(18)17-11-5-2-6-12-17;1-4-21(5-2)13-9-10-14(16(12-13)25-6-3)18(22)17-15(19(23)24)8-7-11-20-17/h1-15H;7-12H,4-6H2,1-3H3,(H,23,24). The van der Waals surface area contributed by atoms with Crippen LogP contribution in [0.15, 0.2) is 128 Å². The number of aromatic nitrogens is 2. The molecule has 6 rings (SSSR count). The zero-order chi connectivity index (χ0) is 32.5. The molecule has 7 heteroatoms. The van der Waals surface area contributed by atoms with E-state index in [1.54, 1.807) is 6.07 Å². The highest BCUT2D eigenvalue weighted by Gasteiger charge is 2.23. The maximum absolute atomic E-state index is 12.9. The van der Waals surface area contributed by atoms with Crippen LogP contribution in [0.25, 0.3) is 27.8 Å². The molecule has 0 saturated heterocycles. The SMILES string of the molecule is CCOc1cc(N(CC)CC)ccc1C(=O)c1ncccc1C(=O)O.c1ccc(-c2cn3ccccc3c2-c2ccccc2)cc1. The lowest BCUT2D eigenvalue weighted by Gasteiger charge is -2.22. The van der Waals surface area contributed by atoms with Crippen molar-refractivity contribution in [1.29, 1.82) is 0 Å². The fraction of sp³-hybridized carbons (Fsp3) is 0.154. The highest BCUT2D eigenvalue weighted by atomic mass is 16.5. The van der Waals surface area contributed by atoms with Gasteiger partial charge >= 0.3 is 5.97 Å². The lowest BCUT2D eigenvalue weighted by Crippen LogP contribution is -2.22. The number of pyridine rings is 2. The van der Waals surface area contributed by atoms with Crippen molar-refractivity contribution < 1.29 is 19.4 Å². The van der Waals surface area contributed by atoms with Crippen LogP contribution < -0.4 is 9.64 Å². The van der Waals surface area contributed by atoms with E-state index in [2.05, 4.69) is 119 Å². The van der Waals surface area contributed by atoms with Crippen molar-refractivity contribution in [3.8, 4) is 28.0 Å². The van der Waals surface area contributed by atoms with Crippen LogP contribution >= 0.6 is 0 Å². The first-order valence-corrected chi connectivity index (χ1v) is 15.4. The first kappa shape index (κ1) is 31.7. The minimum Gasteiger partial charge on any atom is -0.493 e. The van der Waals surface area contributed by atoms with Crippen LogP contribution in [0.3, 0.4) is 0 Å². The molecule has 0 saturated carbocycles. The van der Waals surface area contributed by atoms with Gasteiger partial charge in [0, 0.05) is 54.6 Å². The van der Waals surface area contributed by atoms with Gasteiger partial charge in [0.05, 0.1) is 23.3 Å². The van der Waals surface area contributed by atoms with Gasteiger partial charge in [-0.15, -0.1) is 0 Å². The van der Waals surface area contributed by atoms with Gasteiger partial charge in [-0.1, -0.05) is 66.7 Å². The van der Waals surface area contributed by atoms with E-state index in [-0.39, 0.29) is 11.3 Å². The molecular weight excluding hydrogens is 574 g/mol. The number of ether oxygens (including phenoxy) is 1. The Morgan fingerprint density at radius 1 is 0.783 bits per heavy atom. The Morgan fingerprint density at radius 3 is 2.11 bits per heavy atom. The second-order valence-corrected chi connectivity index (χ2v) is 10.5. The van der Waals surface area contributed by atoms with E-state index >= 15 is 0 Å². The summed E-state index contributed by atoms with van der Waals surface area (Å²) >= 11 is 0. The number of benzene rings is 3. The van der Waals surface area contributed by atoms with E-state index < -0.39 is 11.8 Å². The van der Waals surface area contributed by atoms with Crippen molar-refractivity contribution in [3.63, 3.8) is 0 Å². The van der Waals surface area contributed by atoms with Gasteiger partial charge in [-0.25, -0.2) is 4.79 Å². The van der Waals surface area contributed by atoms with Gasteiger partial charge in [0.2, 0.25) is 5.78 Å². The topological polar surface area (TPSA) is 84.1 Å². The highest BCUT2D eigenvalue weighted by Crippen LogP contribution is 2.37. The number of nitrogens with zero attached hydrogens (tertiary/aromatic N) is 3. The molecule has 0 aliphatic rings. The van der Waals surface area contributed by atoms with Crippen LogP contribution in [-0.2, 0) is 0 Å². The molecule has 0 aliphatic heterocycles. The summed E-state index contributed by atoms with van der Waals surface area (Å²) in [5.41, 5.74) is 7.35. The molecule has 0 amide bonds. The molecule has 0 radical (unpaired) electrons. The zero-order valence-corrected chi connectivity index (χ0v) is 26.3. The van der Waals surface area contributed by atoms with E-state index in [1.165, 1.54) is 46.1 Å². The number of ketones is 1. The number of carbonyl (C=O) groups excluding carboxylic acids is 1. The molecule has 0 spiro atoms. The quantitative estimate of drug-likeness (QED) is 0.156. The molecule has 0 bridgehead atoms. The molecule has 3 aromatic carbocycles. The van der Waals surface area contributed by atoms with Crippen molar-refractivity contribution >= 4 is 23.0 Å². The molecule has 7 nitrogen and oxygen atoms in total. The van der Waals surface area contributed by atoms with Gasteiger partial charge in [0.1, 0.15) is 11.4 Å². The molecule has 0 unspecified atom stereocenters. The fourth-order valence-electron chi connectivity index (χ4n) is 5.51. The van der Waals surface area contributed by atoms with Crippen molar-refractivity contribution in [3.05, 3.63) is 145 Å². The van der Waals surface area contributed by atoms with Crippen molar-refractivity contribution in [2.24, 2.45) is 0 Å². The van der Waals surface area contributed by atoms with E-state index in [9.17, 15) is 14.7 Å². The van der Waals surface area contributed by atoms with Crippen LogP contribution in [0.4, 0.5) is 5.69 Å². The first-order chi connectivity index (χ1) is 22.5. The summed E-state index contributed by atoms with van der Waals surface area (Å²) in [6.45, 7) is 8.00. The normalized spacial score (nSPS) is 10.6. The molecule has 3 aromatic heterocycles. The Labute approximate surface area is 269 Å². The predicted molar refractivity (Wildman–Crippen MR) is 184 cm³/mol. The monoisotopic (exact) mass is 611 g/mol. The number of anilines is 1. The van der Waals surface area contributed by atoms with E-state index in [4.69, 9.17) is 4.74 Å². The molecule has 46 heavy (non-hydrogen) atoms. The Kier molecular flexibility index (Phi) is 10.2. The number of rotatable bonds is 10. The molecule has 3 heterocycles. The summed E-state index contributed by atoms with van der Waals surface area (Å²) in [5, 5.41) is 9.28. The van der Waals surface area contributed by atoms with Crippen LogP contribution in [0, 0.1) is 0 Å². The molecule has 6 aromatic rings. The van der Waals surface area contributed by atoms with Crippen LogP contribution in [0.1, 0.15) is 47.2 Å². The Balaban J connectivity index is 0.000000183. The van der Waals surface area contributed by atoms with Crippen molar-refractivity contribution in [1.82, 2.24) is 9.38 Å². The summed E-state index contributed by atoms with van der Waals surface area (Å²) in [6, 6.07) is 35.7. The third kappa shape index (κ3) is 6.84. The van der Waals surface area contributed by atoms with Gasteiger partial charge < -0.3 is 19.1 Å². The van der Waals surface area contributed by atoms with Gasteiger partial charge in [0.15, 0.2) is 0 Å². The molecule has 1 N–H and O–H groups in total. The number of hydrogen-bond acceptors (Lipinski definition) is 5. The lowest BCUT2D eigenvalue weighted by atomic mass is 9.98. The fourth-order valence-corrected chi connectivity index (χ4v) is 5.51. The minimum absolute atomic E-state index is 0.0912. The summed E-state index contributed by atoms with van der Waals surface area (Å²) < 4.78 is 7.84. The summed E-state index contributed by atoms with van der Waals surface area (Å²) in [7, 11) is 0. The molecule has 0 aliphatic carbocycles. The van der Waals surface area contributed by atoms with Crippen molar-refractivity contribution in [2.45, 2.75) is 20.8 Å². The maximum atomic E-state index is 12.9. The predicted octanol–water partition coefficient (Wildman–Crippen LogP) is 8.53. The zero-order valence-electron chi connectivity index (χ0n) is 26.3. The maximum Gasteiger partial charge on any atom is 0.338 e. The summed E-state index contributed by atoms with van der Waals surface area (Å²) in [5.74, 6) is -1.22.